The predicted octanol–water partition coefficient (Wildman–Crippen LogP) is 7.60. The Hall–Kier alpha value is -4.82. The van der Waals surface area contributed by atoms with E-state index in [9.17, 15) is 14.4 Å². The van der Waals surface area contributed by atoms with E-state index >= 15 is 0 Å². The zero-order valence-corrected chi connectivity index (χ0v) is 24.1. The number of anilines is 2. The lowest BCUT2D eigenvalue weighted by molar-refractivity contribution is -0.147. The first kappa shape index (κ1) is 28.7. The quantitative estimate of drug-likeness (QED) is 0.208. The fourth-order valence-electron chi connectivity index (χ4n) is 4.94. The number of benzene rings is 4. The van der Waals surface area contributed by atoms with E-state index in [2.05, 4.69) is 10.6 Å². The smallest absolute Gasteiger partial charge is 0.328 e. The zero-order chi connectivity index (χ0) is 29.8. The Morgan fingerprint density at radius 1 is 0.881 bits per heavy atom. The molecule has 1 heterocycles. The van der Waals surface area contributed by atoms with E-state index < -0.39 is 18.0 Å². The minimum atomic E-state index is -0.649. The van der Waals surface area contributed by atoms with Crippen LogP contribution in [0, 0.1) is 5.92 Å². The second-order valence-corrected chi connectivity index (χ2v) is 10.7. The zero-order valence-electron chi connectivity index (χ0n) is 23.4. The lowest BCUT2D eigenvalue weighted by Gasteiger charge is -2.28. The molecule has 1 aliphatic rings. The number of halogens is 1. The number of hydrogen-bond acceptors (Lipinski definition) is 5. The number of nitrogens with one attached hydrogen (secondary N) is 2. The summed E-state index contributed by atoms with van der Waals surface area (Å²) in [6.07, 6.45) is 0. The van der Waals surface area contributed by atoms with Crippen LogP contribution in [0.25, 0.3) is 11.1 Å². The number of fused-ring (bicyclic) bond motifs is 1. The highest BCUT2D eigenvalue weighted by atomic mass is 35.5. The van der Waals surface area contributed by atoms with Crippen molar-refractivity contribution < 1.29 is 23.9 Å². The van der Waals surface area contributed by atoms with Gasteiger partial charge in [-0.2, -0.15) is 0 Å². The Kier molecular flexibility index (Phi) is 8.45. The summed E-state index contributed by atoms with van der Waals surface area (Å²) < 4.78 is 10.9. The van der Waals surface area contributed by atoms with Crippen molar-refractivity contribution in [2.24, 2.45) is 5.92 Å². The molecule has 9 heteroatoms. The Labute approximate surface area is 249 Å². The average molecular weight is 584 g/mol. The molecule has 4 aromatic rings. The van der Waals surface area contributed by atoms with Gasteiger partial charge in [0, 0.05) is 28.9 Å². The molecule has 0 spiro atoms. The first-order chi connectivity index (χ1) is 20.2. The lowest BCUT2D eigenvalue weighted by Crippen LogP contribution is -2.45. The van der Waals surface area contributed by atoms with Gasteiger partial charge < -0.3 is 25.0 Å². The van der Waals surface area contributed by atoms with Crippen molar-refractivity contribution in [2.75, 3.05) is 17.7 Å². The van der Waals surface area contributed by atoms with Crippen molar-refractivity contribution in [3.8, 4) is 22.6 Å². The van der Waals surface area contributed by atoms with Gasteiger partial charge >= 0.3 is 12.0 Å². The number of para-hydroxylation sites is 1. The van der Waals surface area contributed by atoms with E-state index in [1.807, 2.05) is 74.5 Å². The predicted molar refractivity (Wildman–Crippen MR) is 163 cm³/mol. The van der Waals surface area contributed by atoms with Crippen LogP contribution in [0.4, 0.5) is 16.2 Å². The molecule has 0 bridgehead atoms. The Morgan fingerprint density at radius 3 is 2.29 bits per heavy atom. The number of rotatable bonds is 8. The van der Waals surface area contributed by atoms with Crippen LogP contribution in [0.15, 0.2) is 91.0 Å². The van der Waals surface area contributed by atoms with Crippen molar-refractivity contribution in [3.05, 3.63) is 107 Å². The summed E-state index contributed by atoms with van der Waals surface area (Å²) in [5.74, 6) is 0.325. The number of urea groups is 1. The Balaban J connectivity index is 1.27. The van der Waals surface area contributed by atoms with E-state index in [0.717, 1.165) is 16.7 Å². The largest absolute Gasteiger partial charge is 0.467 e. The fraction of sp³-hybridized carbons (Fsp3) is 0.182. The third kappa shape index (κ3) is 6.24. The molecule has 0 saturated carbocycles. The molecule has 1 atom stereocenters. The van der Waals surface area contributed by atoms with Crippen molar-refractivity contribution in [1.29, 1.82) is 0 Å². The van der Waals surface area contributed by atoms with E-state index in [1.54, 1.807) is 35.2 Å². The second kappa shape index (κ2) is 12.4. The minimum Gasteiger partial charge on any atom is -0.467 e. The molecule has 1 aliphatic heterocycles. The molecule has 1 unspecified atom stereocenters. The van der Waals surface area contributed by atoms with Gasteiger partial charge in [0.15, 0.2) is 5.75 Å². The lowest BCUT2D eigenvalue weighted by atomic mass is 10.00. The van der Waals surface area contributed by atoms with Crippen LogP contribution in [0.1, 0.15) is 29.8 Å². The summed E-state index contributed by atoms with van der Waals surface area (Å²) in [5, 5.41) is 6.11. The third-order valence-corrected chi connectivity index (χ3v) is 7.23. The van der Waals surface area contributed by atoms with E-state index in [4.69, 9.17) is 21.1 Å². The van der Waals surface area contributed by atoms with Crippen molar-refractivity contribution in [1.82, 2.24) is 4.90 Å². The first-order valence-corrected chi connectivity index (χ1v) is 13.8. The van der Waals surface area contributed by atoms with Crippen molar-refractivity contribution in [3.63, 3.8) is 0 Å². The van der Waals surface area contributed by atoms with Gasteiger partial charge in [-0.15, -0.1) is 0 Å². The topological polar surface area (TPSA) is 97.0 Å². The minimum absolute atomic E-state index is 0.0879. The van der Waals surface area contributed by atoms with Gasteiger partial charge in [-0.1, -0.05) is 67.9 Å². The first-order valence-electron chi connectivity index (χ1n) is 13.5. The maximum atomic E-state index is 13.3. The molecule has 0 radical (unpaired) electrons. The molecule has 0 aliphatic carbocycles. The van der Waals surface area contributed by atoms with E-state index in [1.165, 1.54) is 7.11 Å². The molecular formula is C33H30ClN3O5. The van der Waals surface area contributed by atoms with Gasteiger partial charge in [-0.25, -0.2) is 9.59 Å². The molecule has 0 saturated heterocycles. The maximum Gasteiger partial charge on any atom is 0.328 e. The molecule has 214 valence electrons. The molecule has 0 fully saturated rings. The van der Waals surface area contributed by atoms with Crippen LogP contribution >= 0.6 is 11.6 Å². The van der Waals surface area contributed by atoms with Crippen LogP contribution in [0.5, 0.6) is 11.5 Å². The third-order valence-electron chi connectivity index (χ3n) is 6.99. The highest BCUT2D eigenvalue weighted by Crippen LogP contribution is 2.34. The number of methoxy groups -OCH3 is 1. The second-order valence-electron chi connectivity index (χ2n) is 10.2. The molecule has 4 aromatic carbocycles. The number of hydrogen-bond donors (Lipinski definition) is 2. The summed E-state index contributed by atoms with van der Waals surface area (Å²) in [6, 6.07) is 26.1. The molecule has 5 rings (SSSR count). The summed E-state index contributed by atoms with van der Waals surface area (Å²) in [6.45, 7) is 4.15. The highest BCUT2D eigenvalue weighted by molar-refractivity contribution is 6.30. The Morgan fingerprint density at radius 2 is 1.60 bits per heavy atom. The van der Waals surface area contributed by atoms with Crippen molar-refractivity contribution >= 4 is 40.9 Å². The molecule has 3 amide bonds. The molecule has 42 heavy (non-hydrogen) atoms. The summed E-state index contributed by atoms with van der Waals surface area (Å²) in [5.41, 5.74) is 4.20. The van der Waals surface area contributed by atoms with Crippen LogP contribution in [-0.2, 0) is 16.1 Å². The number of carbonyl (C=O) groups excluding carboxylic acids is 3. The fourth-order valence-corrected chi connectivity index (χ4v) is 5.10. The number of esters is 1. The van der Waals surface area contributed by atoms with Gasteiger partial charge in [0.05, 0.1) is 12.8 Å². The number of nitrogens with zero attached hydrogens (tertiary/aromatic N) is 1. The standard InChI is InChI=1S/C33H30ClN3O5/c1-20(2)30(32(39)41-3)37-19-23-10-9-22(17-27(23)31(37)38)21-11-14-25(15-12-21)35-33(40)36-28-16-13-24(34)18-29(28)42-26-7-5-4-6-8-26/h4-18,20,30H,19H2,1-3H3,(H2,35,36,40). The summed E-state index contributed by atoms with van der Waals surface area (Å²) >= 11 is 6.16. The van der Waals surface area contributed by atoms with E-state index in [-0.39, 0.29) is 11.8 Å². The Bertz CT molecular complexity index is 1620. The number of ether oxygens (including phenoxy) is 2. The van der Waals surface area contributed by atoms with Crippen molar-refractivity contribution in [2.45, 2.75) is 26.4 Å². The number of carbonyl (C=O) groups is 3. The monoisotopic (exact) mass is 583 g/mol. The normalized spacial score (nSPS) is 13.0. The van der Waals surface area contributed by atoms with Crippen LogP contribution in [0.3, 0.4) is 0 Å². The van der Waals surface area contributed by atoms with Gasteiger partial charge in [0.1, 0.15) is 11.8 Å². The molecule has 2 N–H and O–H groups in total. The van der Waals surface area contributed by atoms with Gasteiger partial charge in [-0.05, 0) is 65.1 Å². The van der Waals surface area contributed by atoms with Crippen LogP contribution in [-0.4, -0.2) is 36.0 Å². The maximum absolute atomic E-state index is 13.3. The summed E-state index contributed by atoms with van der Waals surface area (Å²) in [7, 11) is 1.33. The van der Waals surface area contributed by atoms with Crippen LogP contribution in [0.2, 0.25) is 5.02 Å². The summed E-state index contributed by atoms with van der Waals surface area (Å²) in [4.78, 5) is 40.0. The molecular weight excluding hydrogens is 554 g/mol. The van der Waals surface area contributed by atoms with Crippen LogP contribution < -0.4 is 15.4 Å². The average Bonchev–Trinajstić information content (AvgIpc) is 3.30. The van der Waals surface area contributed by atoms with Gasteiger partial charge in [0.25, 0.3) is 5.91 Å². The number of amides is 3. The van der Waals surface area contributed by atoms with Gasteiger partial charge in [-0.3, -0.25) is 4.79 Å². The van der Waals surface area contributed by atoms with Gasteiger partial charge in [0.2, 0.25) is 0 Å². The van der Waals surface area contributed by atoms with E-state index in [0.29, 0.717) is 40.0 Å². The SMILES string of the molecule is COC(=O)C(C(C)C)N1Cc2ccc(-c3ccc(NC(=O)Nc4ccc(Cl)cc4Oc4ccccc4)cc3)cc2C1=O. The highest BCUT2D eigenvalue weighted by Gasteiger charge is 2.38. The molecule has 0 aromatic heterocycles. The molecule has 8 nitrogen and oxygen atoms in total.